The van der Waals surface area contributed by atoms with E-state index < -0.39 is 10.0 Å². The molecule has 26 heavy (non-hydrogen) atoms. The zero-order chi connectivity index (χ0) is 18.6. The first kappa shape index (κ1) is 18.5. The van der Waals surface area contributed by atoms with Gasteiger partial charge < -0.3 is 10.1 Å². The number of amides is 1. The molecule has 0 radical (unpaired) electrons. The molecule has 138 valence electrons. The van der Waals surface area contributed by atoms with Gasteiger partial charge in [0.15, 0.2) is 0 Å². The normalized spacial score (nSPS) is 20.0. The highest BCUT2D eigenvalue weighted by Gasteiger charge is 2.32. The maximum absolute atomic E-state index is 12.7. The smallest absolute Gasteiger partial charge is 0.240 e. The molecule has 0 spiro atoms. The van der Waals surface area contributed by atoms with Gasteiger partial charge in [0.1, 0.15) is 0 Å². The molecular formula is C18H21N3O4S. The SMILES string of the molecule is CC(=O)Nc1cccc(S(=O)(=O)N[C@@H]2COC[C@H]2Cc2ccncc2)c1. The van der Waals surface area contributed by atoms with Crippen molar-refractivity contribution in [2.75, 3.05) is 18.5 Å². The minimum atomic E-state index is -3.72. The van der Waals surface area contributed by atoms with Gasteiger partial charge in [-0.1, -0.05) is 6.07 Å². The van der Waals surface area contributed by atoms with Crippen molar-refractivity contribution in [3.8, 4) is 0 Å². The lowest BCUT2D eigenvalue weighted by molar-refractivity contribution is -0.114. The molecule has 2 aromatic rings. The van der Waals surface area contributed by atoms with Gasteiger partial charge in [-0.25, -0.2) is 13.1 Å². The van der Waals surface area contributed by atoms with Gasteiger partial charge in [-0.15, -0.1) is 0 Å². The van der Waals surface area contributed by atoms with Crippen molar-refractivity contribution in [3.63, 3.8) is 0 Å². The molecule has 0 unspecified atom stereocenters. The number of benzene rings is 1. The minimum Gasteiger partial charge on any atom is -0.379 e. The summed E-state index contributed by atoms with van der Waals surface area (Å²) in [6, 6.07) is 9.71. The molecule has 1 aliphatic rings. The number of nitrogens with one attached hydrogen (secondary N) is 2. The van der Waals surface area contributed by atoms with Crippen molar-refractivity contribution in [1.82, 2.24) is 9.71 Å². The third kappa shape index (κ3) is 4.66. The van der Waals surface area contributed by atoms with Crippen LogP contribution in [0.2, 0.25) is 0 Å². The molecule has 1 aromatic heterocycles. The maximum Gasteiger partial charge on any atom is 0.240 e. The molecule has 8 heteroatoms. The molecule has 0 saturated carbocycles. The first-order chi connectivity index (χ1) is 12.4. The lowest BCUT2D eigenvalue weighted by Crippen LogP contribution is -2.40. The predicted molar refractivity (Wildman–Crippen MR) is 97.1 cm³/mol. The Morgan fingerprint density at radius 1 is 1.23 bits per heavy atom. The second-order valence-corrected chi connectivity index (χ2v) is 8.01. The Morgan fingerprint density at radius 3 is 2.73 bits per heavy atom. The third-order valence-electron chi connectivity index (χ3n) is 4.22. The van der Waals surface area contributed by atoms with Gasteiger partial charge in [0.25, 0.3) is 0 Å². The molecule has 1 aromatic carbocycles. The molecule has 1 amide bonds. The molecule has 7 nitrogen and oxygen atoms in total. The Kier molecular flexibility index (Phi) is 5.65. The van der Waals surface area contributed by atoms with Gasteiger partial charge >= 0.3 is 0 Å². The second-order valence-electron chi connectivity index (χ2n) is 6.29. The standard InChI is InChI=1S/C18H21N3O4S/c1-13(22)20-16-3-2-4-17(10-16)26(23,24)21-18-12-25-11-15(18)9-14-5-7-19-8-6-14/h2-8,10,15,18,21H,9,11-12H2,1H3,(H,20,22)/t15-,18-/m1/s1. The number of rotatable bonds is 6. The molecule has 2 N–H and O–H groups in total. The monoisotopic (exact) mass is 375 g/mol. The van der Waals surface area contributed by atoms with Crippen LogP contribution in [-0.2, 0) is 26.0 Å². The largest absolute Gasteiger partial charge is 0.379 e. The van der Waals surface area contributed by atoms with E-state index in [0.29, 0.717) is 25.3 Å². The van der Waals surface area contributed by atoms with E-state index >= 15 is 0 Å². The third-order valence-corrected chi connectivity index (χ3v) is 5.70. The topological polar surface area (TPSA) is 97.4 Å². The summed E-state index contributed by atoms with van der Waals surface area (Å²) in [5, 5.41) is 2.59. The van der Waals surface area contributed by atoms with E-state index in [9.17, 15) is 13.2 Å². The van der Waals surface area contributed by atoms with Crippen molar-refractivity contribution >= 4 is 21.6 Å². The van der Waals surface area contributed by atoms with E-state index in [-0.39, 0.29) is 22.8 Å². The van der Waals surface area contributed by atoms with Crippen LogP contribution in [0, 0.1) is 5.92 Å². The van der Waals surface area contributed by atoms with Crippen molar-refractivity contribution in [3.05, 3.63) is 54.4 Å². The van der Waals surface area contributed by atoms with Gasteiger partial charge in [0, 0.05) is 30.9 Å². The van der Waals surface area contributed by atoms with Gasteiger partial charge in [0.2, 0.25) is 15.9 Å². The number of nitrogens with zero attached hydrogens (tertiary/aromatic N) is 1. The Hall–Kier alpha value is -2.29. The first-order valence-electron chi connectivity index (χ1n) is 8.31. The zero-order valence-corrected chi connectivity index (χ0v) is 15.2. The zero-order valence-electron chi connectivity index (χ0n) is 14.4. The van der Waals surface area contributed by atoms with Crippen LogP contribution in [0.3, 0.4) is 0 Å². The van der Waals surface area contributed by atoms with Gasteiger partial charge in [-0.2, -0.15) is 0 Å². The summed E-state index contributed by atoms with van der Waals surface area (Å²) < 4.78 is 33.7. The van der Waals surface area contributed by atoms with Crippen LogP contribution in [0.5, 0.6) is 0 Å². The number of hydrogen-bond donors (Lipinski definition) is 2. The van der Waals surface area contributed by atoms with Crippen LogP contribution in [-0.4, -0.2) is 38.6 Å². The van der Waals surface area contributed by atoms with Crippen molar-refractivity contribution in [2.45, 2.75) is 24.3 Å². The Morgan fingerprint density at radius 2 is 2.00 bits per heavy atom. The summed E-state index contributed by atoms with van der Waals surface area (Å²) in [5.74, 6) is -0.209. The molecule has 1 saturated heterocycles. The predicted octanol–water partition coefficient (Wildman–Crippen LogP) is 1.58. The van der Waals surface area contributed by atoms with E-state index in [0.717, 1.165) is 5.56 Å². The summed E-state index contributed by atoms with van der Waals surface area (Å²) in [6.45, 7) is 2.21. The minimum absolute atomic E-state index is 0.0469. The van der Waals surface area contributed by atoms with Crippen LogP contribution in [0.15, 0.2) is 53.7 Å². The average molecular weight is 375 g/mol. The summed E-state index contributed by atoms with van der Waals surface area (Å²) in [6.07, 6.45) is 4.15. The molecular weight excluding hydrogens is 354 g/mol. The summed E-state index contributed by atoms with van der Waals surface area (Å²) in [5.41, 5.74) is 1.53. The van der Waals surface area contributed by atoms with Crippen LogP contribution in [0.25, 0.3) is 0 Å². The number of carbonyl (C=O) groups is 1. The Bertz CT molecular complexity index is 871. The lowest BCUT2D eigenvalue weighted by Gasteiger charge is -2.19. The number of aromatic nitrogens is 1. The van der Waals surface area contributed by atoms with Crippen LogP contribution >= 0.6 is 0 Å². The van der Waals surface area contributed by atoms with Gasteiger partial charge in [-0.3, -0.25) is 9.78 Å². The number of ether oxygens (including phenoxy) is 1. The number of carbonyl (C=O) groups excluding carboxylic acids is 1. The van der Waals surface area contributed by atoms with E-state index in [1.54, 1.807) is 24.5 Å². The van der Waals surface area contributed by atoms with Crippen molar-refractivity contribution in [2.24, 2.45) is 5.92 Å². The van der Waals surface area contributed by atoms with Crippen LogP contribution in [0.1, 0.15) is 12.5 Å². The molecule has 3 rings (SSSR count). The molecule has 2 atom stereocenters. The molecule has 1 fully saturated rings. The fourth-order valence-electron chi connectivity index (χ4n) is 2.96. The summed E-state index contributed by atoms with van der Waals surface area (Å²) in [4.78, 5) is 15.3. The quantitative estimate of drug-likeness (QED) is 0.799. The lowest BCUT2D eigenvalue weighted by atomic mass is 9.96. The highest BCUT2D eigenvalue weighted by atomic mass is 32.2. The number of sulfonamides is 1. The number of anilines is 1. The number of hydrogen-bond acceptors (Lipinski definition) is 5. The molecule has 2 heterocycles. The van der Waals surface area contributed by atoms with Crippen LogP contribution in [0.4, 0.5) is 5.69 Å². The van der Waals surface area contributed by atoms with Gasteiger partial charge in [0.05, 0.1) is 24.2 Å². The molecule has 1 aliphatic heterocycles. The Balaban J connectivity index is 1.73. The summed E-state index contributed by atoms with van der Waals surface area (Å²) >= 11 is 0. The molecule has 0 aliphatic carbocycles. The van der Waals surface area contributed by atoms with Crippen molar-refractivity contribution in [1.29, 1.82) is 0 Å². The maximum atomic E-state index is 12.7. The fraction of sp³-hybridized carbons (Fsp3) is 0.333. The van der Waals surface area contributed by atoms with E-state index in [1.807, 2.05) is 12.1 Å². The van der Waals surface area contributed by atoms with E-state index in [2.05, 4.69) is 15.0 Å². The number of pyridine rings is 1. The first-order valence-corrected chi connectivity index (χ1v) is 9.79. The highest BCUT2D eigenvalue weighted by molar-refractivity contribution is 7.89. The summed E-state index contributed by atoms with van der Waals surface area (Å²) in [7, 11) is -3.72. The average Bonchev–Trinajstić information content (AvgIpc) is 3.01. The molecule has 0 bridgehead atoms. The van der Waals surface area contributed by atoms with Crippen molar-refractivity contribution < 1.29 is 17.9 Å². The second kappa shape index (κ2) is 7.94. The highest BCUT2D eigenvalue weighted by Crippen LogP contribution is 2.22. The van der Waals surface area contributed by atoms with Crippen LogP contribution < -0.4 is 10.0 Å². The Labute approximate surface area is 152 Å². The fourth-order valence-corrected chi connectivity index (χ4v) is 4.30. The van der Waals surface area contributed by atoms with E-state index in [4.69, 9.17) is 4.74 Å². The van der Waals surface area contributed by atoms with E-state index in [1.165, 1.54) is 19.1 Å². The van der Waals surface area contributed by atoms with Gasteiger partial charge in [-0.05, 0) is 42.3 Å².